The predicted octanol–water partition coefficient (Wildman–Crippen LogP) is 2.09. The Morgan fingerprint density at radius 2 is 2.05 bits per heavy atom. The lowest BCUT2D eigenvalue weighted by atomic mass is 10.3. The largest absolute Gasteiger partial charge is 0.401 e. The van der Waals surface area contributed by atoms with E-state index in [1.165, 1.54) is 4.90 Å². The Labute approximate surface area is 126 Å². The predicted molar refractivity (Wildman–Crippen MR) is 75.5 cm³/mol. The highest BCUT2D eigenvalue weighted by atomic mass is 19.4. The molecule has 8 heteroatoms. The third-order valence-corrected chi connectivity index (χ3v) is 3.28. The molecule has 0 bridgehead atoms. The highest BCUT2D eigenvalue weighted by Gasteiger charge is 2.30. The Bertz CT molecular complexity index is 639. The summed E-state index contributed by atoms with van der Waals surface area (Å²) in [5.41, 5.74) is 2.35. The summed E-state index contributed by atoms with van der Waals surface area (Å²) in [4.78, 5) is 9.70. The maximum Gasteiger partial charge on any atom is 0.401 e. The number of alkyl halides is 3. The lowest BCUT2D eigenvalue weighted by Gasteiger charge is -2.23. The monoisotopic (exact) mass is 316 g/mol. The van der Waals surface area contributed by atoms with Gasteiger partial charge in [0.1, 0.15) is 0 Å². The number of aromatic nitrogens is 3. The van der Waals surface area contributed by atoms with Gasteiger partial charge in [0, 0.05) is 31.1 Å². The van der Waals surface area contributed by atoms with E-state index in [1.54, 1.807) is 10.6 Å². The standard InChI is InChI=1S/C14H19F3N4O/c1-10-6-11(2)21-12(7-18-13(21)19-10)8-20(4-3-5-22)9-14(15,16)17/h6-7,22H,3-5,8-9H2,1-2H3. The maximum absolute atomic E-state index is 12.7. The SMILES string of the molecule is Cc1cc(C)n2c(CN(CCCO)CC(F)(F)F)cnc2n1. The first kappa shape index (κ1) is 16.7. The van der Waals surface area contributed by atoms with E-state index in [-0.39, 0.29) is 19.7 Å². The van der Waals surface area contributed by atoms with E-state index in [2.05, 4.69) is 9.97 Å². The smallest absolute Gasteiger partial charge is 0.396 e. The van der Waals surface area contributed by atoms with Crippen LogP contribution in [-0.4, -0.2) is 50.2 Å². The summed E-state index contributed by atoms with van der Waals surface area (Å²) >= 11 is 0. The fraction of sp³-hybridized carbons (Fsp3) is 0.571. The average molecular weight is 316 g/mol. The Hall–Kier alpha value is -1.67. The van der Waals surface area contributed by atoms with Crippen LogP contribution in [0, 0.1) is 13.8 Å². The number of aryl methyl sites for hydroxylation is 2. The van der Waals surface area contributed by atoms with Gasteiger partial charge in [-0.3, -0.25) is 9.30 Å². The molecule has 0 aliphatic heterocycles. The Morgan fingerprint density at radius 1 is 1.32 bits per heavy atom. The number of hydrogen-bond acceptors (Lipinski definition) is 4. The molecule has 0 aliphatic carbocycles. The summed E-state index contributed by atoms with van der Waals surface area (Å²) in [5.74, 6) is 0.488. The quantitative estimate of drug-likeness (QED) is 0.887. The van der Waals surface area contributed by atoms with Gasteiger partial charge in [-0.1, -0.05) is 0 Å². The van der Waals surface area contributed by atoms with E-state index in [0.717, 1.165) is 11.4 Å². The van der Waals surface area contributed by atoms with Crippen LogP contribution in [0.15, 0.2) is 12.3 Å². The van der Waals surface area contributed by atoms with Crippen LogP contribution in [0.3, 0.4) is 0 Å². The first-order valence-corrected chi connectivity index (χ1v) is 7.00. The summed E-state index contributed by atoms with van der Waals surface area (Å²) in [5, 5.41) is 8.85. The van der Waals surface area contributed by atoms with Crippen molar-refractivity contribution >= 4 is 5.78 Å². The normalized spacial score (nSPS) is 12.5. The van der Waals surface area contributed by atoms with Crippen molar-refractivity contribution in [3.63, 3.8) is 0 Å². The van der Waals surface area contributed by atoms with Gasteiger partial charge in [0.15, 0.2) is 0 Å². The molecule has 122 valence electrons. The van der Waals surface area contributed by atoms with E-state index >= 15 is 0 Å². The van der Waals surface area contributed by atoms with Crippen molar-refractivity contribution in [2.24, 2.45) is 0 Å². The number of rotatable bonds is 6. The summed E-state index contributed by atoms with van der Waals surface area (Å²) < 4.78 is 39.8. The van der Waals surface area contributed by atoms with Crippen LogP contribution in [0.25, 0.3) is 5.78 Å². The molecular weight excluding hydrogens is 297 g/mol. The van der Waals surface area contributed by atoms with Gasteiger partial charge < -0.3 is 5.11 Å². The minimum atomic E-state index is -4.28. The van der Waals surface area contributed by atoms with Gasteiger partial charge in [0.05, 0.1) is 18.4 Å². The highest BCUT2D eigenvalue weighted by molar-refractivity contribution is 5.35. The van der Waals surface area contributed by atoms with Gasteiger partial charge in [-0.25, -0.2) is 9.97 Å². The van der Waals surface area contributed by atoms with Crippen molar-refractivity contribution in [2.45, 2.75) is 33.0 Å². The molecule has 0 radical (unpaired) electrons. The zero-order valence-electron chi connectivity index (χ0n) is 12.6. The fourth-order valence-electron chi connectivity index (χ4n) is 2.50. The summed E-state index contributed by atoms with van der Waals surface area (Å²) in [6.07, 6.45) is -2.43. The molecule has 0 saturated heterocycles. The van der Waals surface area contributed by atoms with Crippen LogP contribution < -0.4 is 0 Å². The van der Waals surface area contributed by atoms with Gasteiger partial charge in [-0.05, 0) is 26.3 Å². The van der Waals surface area contributed by atoms with E-state index in [0.29, 0.717) is 17.9 Å². The molecule has 0 spiro atoms. The van der Waals surface area contributed by atoms with Crippen molar-refractivity contribution in [3.8, 4) is 0 Å². The second-order valence-electron chi connectivity index (χ2n) is 5.33. The average Bonchev–Trinajstić information content (AvgIpc) is 2.77. The number of halogens is 3. The summed E-state index contributed by atoms with van der Waals surface area (Å²) in [6.45, 7) is 2.83. The number of aliphatic hydroxyl groups is 1. The minimum absolute atomic E-state index is 0.103. The molecule has 0 fully saturated rings. The minimum Gasteiger partial charge on any atom is -0.396 e. The van der Waals surface area contributed by atoms with Gasteiger partial charge in [-0.2, -0.15) is 13.2 Å². The fourth-order valence-corrected chi connectivity index (χ4v) is 2.50. The van der Waals surface area contributed by atoms with E-state index < -0.39 is 12.7 Å². The second kappa shape index (κ2) is 6.62. The molecule has 2 aromatic heterocycles. The molecule has 5 nitrogen and oxygen atoms in total. The molecule has 0 unspecified atom stereocenters. The third kappa shape index (κ3) is 4.17. The van der Waals surface area contributed by atoms with Crippen LogP contribution in [0.1, 0.15) is 23.5 Å². The number of imidazole rings is 1. The zero-order chi connectivity index (χ0) is 16.3. The third-order valence-electron chi connectivity index (χ3n) is 3.28. The van der Waals surface area contributed by atoms with Crippen LogP contribution in [-0.2, 0) is 6.54 Å². The zero-order valence-corrected chi connectivity index (χ0v) is 12.6. The Kier molecular flexibility index (Phi) is 5.02. The van der Waals surface area contributed by atoms with E-state index in [4.69, 9.17) is 5.11 Å². The van der Waals surface area contributed by atoms with Crippen molar-refractivity contribution < 1.29 is 18.3 Å². The second-order valence-corrected chi connectivity index (χ2v) is 5.33. The van der Waals surface area contributed by atoms with Crippen molar-refractivity contribution in [1.29, 1.82) is 0 Å². The Balaban J connectivity index is 2.25. The molecule has 22 heavy (non-hydrogen) atoms. The highest BCUT2D eigenvalue weighted by Crippen LogP contribution is 2.19. The van der Waals surface area contributed by atoms with Crippen LogP contribution >= 0.6 is 0 Å². The molecule has 2 rings (SSSR count). The number of hydrogen-bond donors (Lipinski definition) is 1. The van der Waals surface area contributed by atoms with Crippen molar-refractivity contribution in [1.82, 2.24) is 19.3 Å². The molecule has 0 aromatic carbocycles. The molecule has 2 aromatic rings. The lowest BCUT2D eigenvalue weighted by molar-refractivity contribution is -0.147. The molecular formula is C14H19F3N4O. The summed E-state index contributed by atoms with van der Waals surface area (Å²) in [6, 6.07) is 1.86. The van der Waals surface area contributed by atoms with E-state index in [1.807, 2.05) is 19.9 Å². The lowest BCUT2D eigenvalue weighted by Crippen LogP contribution is -2.35. The van der Waals surface area contributed by atoms with Crippen molar-refractivity contribution in [2.75, 3.05) is 19.7 Å². The molecule has 0 aliphatic rings. The van der Waals surface area contributed by atoms with Gasteiger partial charge in [-0.15, -0.1) is 0 Å². The van der Waals surface area contributed by atoms with Crippen LogP contribution in [0.5, 0.6) is 0 Å². The number of nitrogens with zero attached hydrogens (tertiary/aromatic N) is 4. The maximum atomic E-state index is 12.7. The first-order valence-electron chi connectivity index (χ1n) is 7.00. The van der Waals surface area contributed by atoms with E-state index in [9.17, 15) is 13.2 Å². The number of fused-ring (bicyclic) bond motifs is 1. The topological polar surface area (TPSA) is 53.7 Å². The van der Waals surface area contributed by atoms with Crippen molar-refractivity contribution in [3.05, 3.63) is 29.3 Å². The molecule has 2 heterocycles. The van der Waals surface area contributed by atoms with Crippen LogP contribution in [0.4, 0.5) is 13.2 Å². The van der Waals surface area contributed by atoms with Crippen LogP contribution in [0.2, 0.25) is 0 Å². The Morgan fingerprint density at radius 3 is 2.68 bits per heavy atom. The molecule has 0 amide bonds. The molecule has 0 saturated carbocycles. The van der Waals surface area contributed by atoms with Gasteiger partial charge in [0.25, 0.3) is 0 Å². The first-order chi connectivity index (χ1) is 10.3. The summed E-state index contributed by atoms with van der Waals surface area (Å²) in [7, 11) is 0. The van der Waals surface area contributed by atoms with Gasteiger partial charge >= 0.3 is 6.18 Å². The van der Waals surface area contributed by atoms with Gasteiger partial charge in [0.2, 0.25) is 5.78 Å². The molecule has 1 N–H and O–H groups in total. The number of aliphatic hydroxyl groups excluding tert-OH is 1. The molecule has 0 atom stereocenters.